The summed E-state index contributed by atoms with van der Waals surface area (Å²) in [5.41, 5.74) is 0.233. The zero-order valence-corrected chi connectivity index (χ0v) is 30.1. The van der Waals surface area contributed by atoms with Crippen LogP contribution in [0.3, 0.4) is 0 Å². The number of amides is 3. The lowest BCUT2D eigenvalue weighted by Crippen LogP contribution is -2.41. The first-order valence-corrected chi connectivity index (χ1v) is 18.0. The van der Waals surface area contributed by atoms with Crippen LogP contribution in [0.4, 0.5) is 0 Å². The molecule has 52 heavy (non-hydrogen) atoms. The number of carbonyl (C=O) groups excluding carboxylic acids is 4. The van der Waals surface area contributed by atoms with Crippen molar-refractivity contribution in [3.63, 3.8) is 0 Å². The van der Waals surface area contributed by atoms with Gasteiger partial charge in [-0.25, -0.2) is 9.59 Å². The lowest BCUT2D eigenvalue weighted by atomic mass is 10.1. The molecule has 0 aliphatic rings. The molecule has 0 fully saturated rings. The Labute approximate surface area is 305 Å². The molecule has 0 radical (unpaired) electrons. The molecular formula is C36H57N3O13. The molecular weight excluding hydrogens is 682 g/mol. The molecule has 16 nitrogen and oxygen atoms in total. The van der Waals surface area contributed by atoms with Crippen LogP contribution in [0.25, 0.3) is 0 Å². The zero-order valence-electron chi connectivity index (χ0n) is 30.1. The van der Waals surface area contributed by atoms with Gasteiger partial charge in [0.2, 0.25) is 17.7 Å². The fourth-order valence-corrected chi connectivity index (χ4v) is 4.71. The maximum atomic E-state index is 12.3. The second kappa shape index (κ2) is 31.6. The van der Waals surface area contributed by atoms with E-state index in [0.717, 1.165) is 51.4 Å². The molecule has 1 rings (SSSR count). The normalized spacial score (nSPS) is 11.4. The number of unbranched alkanes of at least 4 members (excludes halogenated alkanes) is 8. The van der Waals surface area contributed by atoms with E-state index in [0.29, 0.717) is 51.4 Å². The minimum Gasteiger partial charge on any atom is -0.494 e. The van der Waals surface area contributed by atoms with Crippen molar-refractivity contribution in [1.29, 1.82) is 0 Å². The second-order valence-electron chi connectivity index (χ2n) is 11.8. The Morgan fingerprint density at radius 1 is 0.615 bits per heavy atom. The molecule has 5 N–H and O–H groups in total. The first kappa shape index (κ1) is 45.9. The number of nitrogens with one attached hydrogen (secondary N) is 3. The fraction of sp³-hybridized carbons (Fsp3) is 0.667. The highest BCUT2D eigenvalue weighted by Gasteiger charge is 2.20. The van der Waals surface area contributed by atoms with Crippen LogP contribution in [0, 0.1) is 0 Å². The van der Waals surface area contributed by atoms with E-state index in [4.69, 9.17) is 28.8 Å². The minimum atomic E-state index is -1.19. The number of carboxylic acid groups (broad SMARTS) is 2. The Morgan fingerprint density at radius 2 is 1.17 bits per heavy atom. The molecule has 0 saturated carbocycles. The molecule has 294 valence electrons. The van der Waals surface area contributed by atoms with E-state index >= 15 is 0 Å². The Morgan fingerprint density at radius 3 is 1.77 bits per heavy atom. The molecule has 0 aliphatic heterocycles. The van der Waals surface area contributed by atoms with Gasteiger partial charge < -0.3 is 54.6 Å². The van der Waals surface area contributed by atoms with E-state index in [2.05, 4.69) is 16.0 Å². The van der Waals surface area contributed by atoms with Crippen molar-refractivity contribution in [1.82, 2.24) is 16.0 Å². The Kier molecular flexibility index (Phi) is 27.9. The molecule has 1 aromatic rings. The number of aldehydes is 1. The number of carbonyl (C=O) groups is 6. The third-order valence-corrected chi connectivity index (χ3v) is 7.51. The van der Waals surface area contributed by atoms with E-state index < -0.39 is 18.0 Å². The molecule has 0 unspecified atom stereocenters. The third kappa shape index (κ3) is 26.7. The summed E-state index contributed by atoms with van der Waals surface area (Å²) in [6.07, 6.45) is 9.72. The van der Waals surface area contributed by atoms with Gasteiger partial charge in [0.1, 0.15) is 31.3 Å². The maximum absolute atomic E-state index is 12.3. The standard InChI is InChI=1S/C36H57N3O13/c40-19-23-50-25-24-48-22-18-38-34(43)28-51-27-26-49-21-17-37-32(41)16-15-31(36(46)47)39-33(42)10-8-6-4-2-1-3-5-7-9-20-52-30-13-11-29(12-14-30)35(44)45/h11-14,19,31H,1-10,15-18,20-28H2,(H,37,41)(H,38,43)(H,39,42)(H,44,45)(H,46,47)/t31-/m0/s1. The van der Waals surface area contributed by atoms with Crippen LogP contribution in [0.2, 0.25) is 0 Å². The van der Waals surface area contributed by atoms with Gasteiger partial charge in [-0.2, -0.15) is 0 Å². The van der Waals surface area contributed by atoms with Gasteiger partial charge in [0.25, 0.3) is 0 Å². The number of hydrogen-bond donors (Lipinski definition) is 5. The molecule has 0 saturated heterocycles. The lowest BCUT2D eigenvalue weighted by molar-refractivity contribution is -0.142. The average Bonchev–Trinajstić information content (AvgIpc) is 3.12. The van der Waals surface area contributed by atoms with Crippen LogP contribution in [0.15, 0.2) is 24.3 Å². The van der Waals surface area contributed by atoms with Crippen molar-refractivity contribution in [3.8, 4) is 5.75 Å². The van der Waals surface area contributed by atoms with E-state index in [9.17, 15) is 33.9 Å². The molecule has 1 aromatic carbocycles. The Balaban J connectivity index is 1.95. The highest BCUT2D eigenvalue weighted by atomic mass is 16.5. The van der Waals surface area contributed by atoms with Crippen molar-refractivity contribution in [2.75, 3.05) is 72.6 Å². The SMILES string of the molecule is O=CCOCCOCCNC(=O)COCCOCCNC(=O)CC[C@H](NC(=O)CCCCCCCCCCCOc1ccc(C(=O)O)cc1)C(=O)O. The zero-order chi connectivity index (χ0) is 38.1. The second-order valence-corrected chi connectivity index (χ2v) is 11.8. The van der Waals surface area contributed by atoms with Gasteiger partial charge in [0, 0.05) is 25.9 Å². The summed E-state index contributed by atoms with van der Waals surface area (Å²) in [6, 6.07) is 5.23. The lowest BCUT2D eigenvalue weighted by Gasteiger charge is -2.14. The number of aliphatic carboxylic acids is 1. The quantitative estimate of drug-likeness (QED) is 0.0499. The van der Waals surface area contributed by atoms with E-state index in [1.165, 1.54) is 12.1 Å². The van der Waals surface area contributed by atoms with Crippen molar-refractivity contribution in [3.05, 3.63) is 29.8 Å². The molecule has 3 amide bonds. The van der Waals surface area contributed by atoms with Gasteiger partial charge in [-0.15, -0.1) is 0 Å². The van der Waals surface area contributed by atoms with Gasteiger partial charge in [-0.1, -0.05) is 44.9 Å². The third-order valence-electron chi connectivity index (χ3n) is 7.51. The van der Waals surface area contributed by atoms with E-state index in [1.54, 1.807) is 12.1 Å². The summed E-state index contributed by atoms with van der Waals surface area (Å²) < 4.78 is 26.4. The molecule has 0 bridgehead atoms. The van der Waals surface area contributed by atoms with Gasteiger partial charge in [0.15, 0.2) is 0 Å². The highest BCUT2D eigenvalue weighted by Crippen LogP contribution is 2.14. The topological polar surface area (TPSA) is 225 Å². The summed E-state index contributed by atoms with van der Waals surface area (Å²) in [5.74, 6) is -2.49. The monoisotopic (exact) mass is 739 g/mol. The summed E-state index contributed by atoms with van der Waals surface area (Å²) in [5, 5.41) is 26.2. The van der Waals surface area contributed by atoms with Crippen LogP contribution < -0.4 is 20.7 Å². The minimum absolute atomic E-state index is 0.0251. The maximum Gasteiger partial charge on any atom is 0.335 e. The van der Waals surface area contributed by atoms with Crippen molar-refractivity contribution >= 4 is 35.9 Å². The summed E-state index contributed by atoms with van der Waals surface area (Å²) >= 11 is 0. The van der Waals surface area contributed by atoms with Gasteiger partial charge in [0.05, 0.1) is 51.8 Å². The molecule has 0 heterocycles. The molecule has 0 aliphatic carbocycles. The summed E-state index contributed by atoms with van der Waals surface area (Å²) in [7, 11) is 0. The number of hydrogen-bond acceptors (Lipinski definition) is 11. The van der Waals surface area contributed by atoms with Gasteiger partial charge in [-0.3, -0.25) is 14.4 Å². The number of ether oxygens (including phenoxy) is 5. The van der Waals surface area contributed by atoms with E-state index in [-0.39, 0.29) is 82.1 Å². The highest BCUT2D eigenvalue weighted by molar-refractivity contribution is 5.87. The number of carboxylic acids is 2. The fourth-order valence-electron chi connectivity index (χ4n) is 4.71. The Bertz CT molecular complexity index is 1150. The van der Waals surface area contributed by atoms with Crippen LogP contribution in [-0.4, -0.2) is 125 Å². The van der Waals surface area contributed by atoms with Gasteiger partial charge >= 0.3 is 11.9 Å². The molecule has 0 aromatic heterocycles. The average molecular weight is 740 g/mol. The number of rotatable bonds is 35. The number of benzene rings is 1. The predicted molar refractivity (Wildman–Crippen MR) is 189 cm³/mol. The molecule has 1 atom stereocenters. The Hall–Kier alpha value is -4.12. The smallest absolute Gasteiger partial charge is 0.335 e. The van der Waals surface area contributed by atoms with E-state index in [1.807, 2.05) is 0 Å². The first-order valence-electron chi connectivity index (χ1n) is 18.0. The predicted octanol–water partition coefficient (Wildman–Crippen LogP) is 2.51. The van der Waals surface area contributed by atoms with Crippen LogP contribution in [0.5, 0.6) is 5.75 Å². The summed E-state index contributed by atoms with van der Waals surface area (Å²) in [6.45, 7) is 2.54. The van der Waals surface area contributed by atoms with Crippen LogP contribution >= 0.6 is 0 Å². The van der Waals surface area contributed by atoms with Crippen LogP contribution in [0.1, 0.15) is 87.4 Å². The van der Waals surface area contributed by atoms with Gasteiger partial charge in [-0.05, 0) is 43.5 Å². The largest absolute Gasteiger partial charge is 0.494 e. The summed E-state index contributed by atoms with van der Waals surface area (Å²) in [4.78, 5) is 68.7. The van der Waals surface area contributed by atoms with Crippen molar-refractivity contribution in [2.24, 2.45) is 0 Å². The molecule has 0 spiro atoms. The van der Waals surface area contributed by atoms with Crippen molar-refractivity contribution in [2.45, 2.75) is 83.1 Å². The van der Waals surface area contributed by atoms with Crippen LogP contribution in [-0.2, 0) is 42.9 Å². The molecule has 16 heteroatoms. The number of aromatic carboxylic acids is 1. The first-order chi connectivity index (χ1) is 25.2. The van der Waals surface area contributed by atoms with Crippen molar-refractivity contribution < 1.29 is 62.7 Å².